The maximum atomic E-state index is 12.1. The van der Waals surface area contributed by atoms with Gasteiger partial charge in [0.1, 0.15) is 0 Å². The summed E-state index contributed by atoms with van der Waals surface area (Å²) in [5.74, 6) is 0.0740. The molecular weight excluding hydrogens is 278 g/mol. The lowest BCUT2D eigenvalue weighted by atomic mass is 10.0. The summed E-state index contributed by atoms with van der Waals surface area (Å²) < 4.78 is 0. The lowest BCUT2D eigenvalue weighted by molar-refractivity contribution is -0.130. The second-order valence-electron chi connectivity index (χ2n) is 6.29. The number of benzene rings is 1. The van der Waals surface area contributed by atoms with Gasteiger partial charge in [0.15, 0.2) is 0 Å². The minimum Gasteiger partial charge on any atom is -0.478 e. The van der Waals surface area contributed by atoms with Gasteiger partial charge in [-0.1, -0.05) is 37.8 Å². The highest BCUT2D eigenvalue weighted by Crippen LogP contribution is 2.29. The minimum atomic E-state index is -0.928. The van der Waals surface area contributed by atoms with E-state index in [9.17, 15) is 9.59 Å². The Morgan fingerprint density at radius 1 is 1.18 bits per heavy atom. The number of rotatable bonds is 7. The third-order valence-electron chi connectivity index (χ3n) is 4.52. The van der Waals surface area contributed by atoms with Gasteiger partial charge in [0.05, 0.1) is 5.56 Å². The van der Waals surface area contributed by atoms with E-state index in [0.717, 1.165) is 17.9 Å². The summed E-state index contributed by atoms with van der Waals surface area (Å²) in [6, 6.07) is 6.70. The zero-order chi connectivity index (χ0) is 15.9. The van der Waals surface area contributed by atoms with E-state index >= 15 is 0 Å². The van der Waals surface area contributed by atoms with Crippen molar-refractivity contribution in [3.8, 4) is 0 Å². The molecule has 0 aliphatic heterocycles. The quantitative estimate of drug-likeness (QED) is 0.835. The molecule has 120 valence electrons. The molecule has 0 unspecified atom stereocenters. The Labute approximate surface area is 132 Å². The van der Waals surface area contributed by atoms with Gasteiger partial charge in [0.25, 0.3) is 0 Å². The molecule has 1 saturated carbocycles. The van der Waals surface area contributed by atoms with Gasteiger partial charge >= 0.3 is 5.97 Å². The Bertz CT molecular complexity index is 504. The Morgan fingerprint density at radius 2 is 1.82 bits per heavy atom. The van der Waals surface area contributed by atoms with Gasteiger partial charge in [-0.05, 0) is 36.5 Å². The molecule has 0 spiro atoms. The number of hydrogen-bond acceptors (Lipinski definition) is 2. The highest BCUT2D eigenvalue weighted by Gasteiger charge is 2.16. The summed E-state index contributed by atoms with van der Waals surface area (Å²) in [5.41, 5.74) is 1.23. The summed E-state index contributed by atoms with van der Waals surface area (Å²) in [6.45, 7) is 0.530. The van der Waals surface area contributed by atoms with Crippen LogP contribution in [0.2, 0.25) is 0 Å². The van der Waals surface area contributed by atoms with Gasteiger partial charge in [-0.15, -0.1) is 0 Å². The van der Waals surface area contributed by atoms with Crippen molar-refractivity contribution < 1.29 is 14.7 Å². The van der Waals surface area contributed by atoms with E-state index in [4.69, 9.17) is 5.11 Å². The van der Waals surface area contributed by atoms with Gasteiger partial charge in [-0.2, -0.15) is 0 Å². The van der Waals surface area contributed by atoms with Gasteiger partial charge in [-0.3, -0.25) is 4.79 Å². The van der Waals surface area contributed by atoms with Crippen molar-refractivity contribution in [1.82, 2.24) is 4.90 Å². The van der Waals surface area contributed by atoms with E-state index in [1.165, 1.54) is 32.1 Å². The number of carbonyl (C=O) groups is 2. The van der Waals surface area contributed by atoms with E-state index in [1.807, 2.05) is 7.05 Å². The van der Waals surface area contributed by atoms with Crippen LogP contribution in [0.15, 0.2) is 24.3 Å². The smallest absolute Gasteiger partial charge is 0.335 e. The molecule has 0 aromatic heterocycles. The van der Waals surface area contributed by atoms with Gasteiger partial charge < -0.3 is 10.0 Å². The first kappa shape index (κ1) is 16.5. The third kappa shape index (κ3) is 4.86. The number of carbonyl (C=O) groups excluding carboxylic acids is 1. The van der Waals surface area contributed by atoms with E-state index in [1.54, 1.807) is 29.2 Å². The van der Waals surface area contributed by atoms with Crippen LogP contribution in [0.4, 0.5) is 0 Å². The molecule has 0 atom stereocenters. The molecule has 0 radical (unpaired) electrons. The number of hydrogen-bond donors (Lipinski definition) is 1. The monoisotopic (exact) mass is 303 g/mol. The molecule has 1 aliphatic carbocycles. The first-order valence-corrected chi connectivity index (χ1v) is 8.12. The first-order valence-electron chi connectivity index (χ1n) is 8.12. The van der Waals surface area contributed by atoms with Crippen LogP contribution in [0.25, 0.3) is 0 Å². The number of amides is 1. The second kappa shape index (κ2) is 7.97. The highest BCUT2D eigenvalue weighted by molar-refractivity contribution is 5.87. The molecule has 1 aromatic carbocycles. The van der Waals surface area contributed by atoms with E-state index in [-0.39, 0.29) is 11.5 Å². The predicted molar refractivity (Wildman–Crippen MR) is 85.7 cm³/mol. The van der Waals surface area contributed by atoms with Crippen LogP contribution in [0.1, 0.15) is 60.9 Å². The Kier molecular flexibility index (Phi) is 5.99. The zero-order valence-corrected chi connectivity index (χ0v) is 13.3. The fourth-order valence-corrected chi connectivity index (χ4v) is 3.15. The molecule has 0 bridgehead atoms. The summed E-state index contributed by atoms with van der Waals surface area (Å²) in [7, 11) is 1.81. The zero-order valence-electron chi connectivity index (χ0n) is 13.3. The van der Waals surface area contributed by atoms with Crippen molar-refractivity contribution in [2.24, 2.45) is 5.92 Å². The van der Waals surface area contributed by atoms with Crippen molar-refractivity contribution in [1.29, 1.82) is 0 Å². The van der Waals surface area contributed by atoms with Gasteiger partial charge in [0.2, 0.25) is 5.91 Å². The summed E-state index contributed by atoms with van der Waals surface area (Å²) >= 11 is 0. The lowest BCUT2D eigenvalue weighted by Crippen LogP contribution is -2.26. The van der Waals surface area contributed by atoms with Crippen molar-refractivity contribution in [3.05, 3.63) is 35.4 Å². The van der Waals surface area contributed by atoms with Crippen LogP contribution in [0.3, 0.4) is 0 Å². The highest BCUT2D eigenvalue weighted by atomic mass is 16.4. The number of nitrogens with zero attached hydrogens (tertiary/aromatic N) is 1. The molecule has 2 rings (SSSR count). The van der Waals surface area contributed by atoms with Gasteiger partial charge in [-0.25, -0.2) is 4.79 Å². The molecule has 1 aliphatic rings. The topological polar surface area (TPSA) is 57.6 Å². The van der Waals surface area contributed by atoms with Crippen LogP contribution in [-0.2, 0) is 11.3 Å². The van der Waals surface area contributed by atoms with E-state index in [0.29, 0.717) is 13.0 Å². The molecule has 1 amide bonds. The fourth-order valence-electron chi connectivity index (χ4n) is 3.15. The molecule has 1 fully saturated rings. The molecule has 1 N–H and O–H groups in total. The van der Waals surface area contributed by atoms with Gasteiger partial charge in [0, 0.05) is 20.0 Å². The maximum absolute atomic E-state index is 12.1. The summed E-state index contributed by atoms with van der Waals surface area (Å²) in [6.07, 6.45) is 8.13. The second-order valence-corrected chi connectivity index (χ2v) is 6.29. The van der Waals surface area contributed by atoms with Crippen LogP contribution >= 0.6 is 0 Å². The van der Waals surface area contributed by atoms with Crippen molar-refractivity contribution >= 4 is 11.9 Å². The Hall–Kier alpha value is -1.84. The minimum absolute atomic E-state index is 0.167. The first-order chi connectivity index (χ1) is 10.6. The third-order valence-corrected chi connectivity index (χ3v) is 4.52. The molecule has 4 heteroatoms. The van der Waals surface area contributed by atoms with E-state index in [2.05, 4.69) is 0 Å². The van der Waals surface area contributed by atoms with Crippen LogP contribution in [0.5, 0.6) is 0 Å². The molecule has 4 nitrogen and oxygen atoms in total. The summed E-state index contributed by atoms with van der Waals surface area (Å²) in [4.78, 5) is 24.7. The van der Waals surface area contributed by atoms with Crippen molar-refractivity contribution in [2.45, 2.75) is 51.5 Å². The fraction of sp³-hybridized carbons (Fsp3) is 0.556. The number of aromatic carboxylic acids is 1. The molecule has 22 heavy (non-hydrogen) atoms. The lowest BCUT2D eigenvalue weighted by Gasteiger charge is -2.18. The predicted octanol–water partition coefficient (Wildman–Crippen LogP) is 3.70. The van der Waals surface area contributed by atoms with Crippen LogP contribution < -0.4 is 0 Å². The van der Waals surface area contributed by atoms with E-state index < -0.39 is 5.97 Å². The molecular formula is C18H25NO3. The molecule has 0 heterocycles. The largest absolute Gasteiger partial charge is 0.478 e. The number of carboxylic acids is 1. The Balaban J connectivity index is 1.74. The molecule has 1 aromatic rings. The maximum Gasteiger partial charge on any atom is 0.335 e. The van der Waals surface area contributed by atoms with Crippen LogP contribution in [0, 0.1) is 5.92 Å². The number of carboxylic acid groups (broad SMARTS) is 1. The molecule has 0 saturated heterocycles. The standard InChI is InChI=1S/C18H25NO3/c1-19(13-15-9-11-16(12-10-15)18(21)22)17(20)8-4-7-14-5-2-3-6-14/h9-12,14H,2-8,13H2,1H3,(H,21,22). The normalized spacial score (nSPS) is 15.0. The Morgan fingerprint density at radius 3 is 2.41 bits per heavy atom. The average Bonchev–Trinajstić information content (AvgIpc) is 3.01. The SMILES string of the molecule is CN(Cc1ccc(C(=O)O)cc1)C(=O)CCCC1CCCC1. The average molecular weight is 303 g/mol. The van der Waals surface area contributed by atoms with Crippen molar-refractivity contribution in [2.75, 3.05) is 7.05 Å². The summed E-state index contributed by atoms with van der Waals surface area (Å²) in [5, 5.41) is 8.87. The van der Waals surface area contributed by atoms with Crippen molar-refractivity contribution in [3.63, 3.8) is 0 Å². The van der Waals surface area contributed by atoms with Crippen LogP contribution in [-0.4, -0.2) is 28.9 Å².